The molecule has 0 bridgehead atoms. The number of nitrogens with two attached hydrogens (primary N) is 1. The number of anilines is 1. The largest absolute Gasteiger partial charge is 0.377 e. The van der Waals surface area contributed by atoms with Crippen molar-refractivity contribution in [2.75, 3.05) is 32.1 Å². The van der Waals surface area contributed by atoms with E-state index in [1.807, 2.05) is 43.3 Å². The number of benzene rings is 2. The van der Waals surface area contributed by atoms with E-state index < -0.39 is 10.0 Å². The van der Waals surface area contributed by atoms with Crippen molar-refractivity contribution in [1.82, 2.24) is 4.72 Å². The third kappa shape index (κ3) is 3.58. The number of nitrogens with one attached hydrogen (secondary N) is 1. The lowest BCUT2D eigenvalue weighted by atomic mass is 10.1. The molecular weight excluding hydrogens is 298 g/mol. The van der Waals surface area contributed by atoms with Gasteiger partial charge in [0.1, 0.15) is 0 Å². The predicted octanol–water partition coefficient (Wildman–Crippen LogP) is 1.92. The van der Waals surface area contributed by atoms with Gasteiger partial charge in [-0.15, -0.1) is 0 Å². The number of fused-ring (bicyclic) bond motifs is 1. The Bertz CT molecular complexity index is 742. The zero-order chi connectivity index (χ0) is 16.2. The minimum atomic E-state index is -3.52. The predicted molar refractivity (Wildman–Crippen MR) is 91.8 cm³/mol. The monoisotopic (exact) mass is 321 g/mol. The Hall–Kier alpha value is -1.63. The third-order valence-corrected chi connectivity index (χ3v) is 5.07. The Kier molecular flexibility index (Phi) is 5.39. The van der Waals surface area contributed by atoms with Gasteiger partial charge in [-0.3, -0.25) is 0 Å². The van der Waals surface area contributed by atoms with Gasteiger partial charge in [0.05, 0.1) is 4.90 Å². The SMILES string of the molecule is CN(C)c1cccc2c(S(=O)(=O)NCCCCN)cccc12. The maximum Gasteiger partial charge on any atom is 0.241 e. The van der Waals surface area contributed by atoms with Crippen molar-refractivity contribution in [3.8, 4) is 0 Å². The number of nitrogens with zero attached hydrogens (tertiary/aromatic N) is 1. The molecule has 0 atom stereocenters. The molecule has 0 aliphatic heterocycles. The second-order valence-electron chi connectivity index (χ2n) is 5.42. The Morgan fingerprint density at radius 1 is 1.05 bits per heavy atom. The topological polar surface area (TPSA) is 75.4 Å². The van der Waals surface area contributed by atoms with Crippen molar-refractivity contribution in [2.24, 2.45) is 5.73 Å². The van der Waals surface area contributed by atoms with Crippen molar-refractivity contribution in [3.63, 3.8) is 0 Å². The van der Waals surface area contributed by atoms with Gasteiger partial charge in [-0.05, 0) is 31.5 Å². The molecule has 0 aliphatic carbocycles. The van der Waals surface area contributed by atoms with Gasteiger partial charge in [-0.2, -0.15) is 0 Å². The molecule has 0 fully saturated rings. The molecule has 5 nitrogen and oxygen atoms in total. The summed E-state index contributed by atoms with van der Waals surface area (Å²) in [7, 11) is 0.372. The first-order valence-corrected chi connectivity index (χ1v) is 8.84. The van der Waals surface area contributed by atoms with Crippen LogP contribution in [-0.2, 0) is 10.0 Å². The Labute approximate surface area is 132 Å². The second-order valence-corrected chi connectivity index (χ2v) is 7.15. The molecule has 0 aliphatic rings. The molecule has 2 aromatic carbocycles. The molecule has 0 unspecified atom stereocenters. The molecule has 0 amide bonds. The quantitative estimate of drug-likeness (QED) is 0.764. The lowest BCUT2D eigenvalue weighted by Crippen LogP contribution is -2.25. The van der Waals surface area contributed by atoms with Crippen LogP contribution >= 0.6 is 0 Å². The third-order valence-electron chi connectivity index (χ3n) is 3.55. The summed E-state index contributed by atoms with van der Waals surface area (Å²) in [5.74, 6) is 0. The van der Waals surface area contributed by atoms with E-state index in [-0.39, 0.29) is 0 Å². The van der Waals surface area contributed by atoms with Crippen molar-refractivity contribution in [3.05, 3.63) is 36.4 Å². The van der Waals surface area contributed by atoms with Gasteiger partial charge in [0.15, 0.2) is 0 Å². The van der Waals surface area contributed by atoms with Crippen LogP contribution in [-0.4, -0.2) is 35.6 Å². The molecule has 0 aromatic heterocycles. The number of rotatable bonds is 7. The zero-order valence-electron chi connectivity index (χ0n) is 13.0. The first kappa shape index (κ1) is 16.7. The highest BCUT2D eigenvalue weighted by molar-refractivity contribution is 7.89. The zero-order valence-corrected chi connectivity index (χ0v) is 13.9. The van der Waals surface area contributed by atoms with Gasteiger partial charge in [0.25, 0.3) is 0 Å². The molecule has 0 radical (unpaired) electrons. The Morgan fingerprint density at radius 2 is 1.73 bits per heavy atom. The van der Waals surface area contributed by atoms with Crippen LogP contribution in [0.2, 0.25) is 0 Å². The van der Waals surface area contributed by atoms with Crippen LogP contribution in [0.1, 0.15) is 12.8 Å². The van der Waals surface area contributed by atoms with E-state index in [0.717, 1.165) is 29.3 Å². The van der Waals surface area contributed by atoms with Gasteiger partial charge >= 0.3 is 0 Å². The molecule has 0 spiro atoms. The van der Waals surface area contributed by atoms with E-state index in [1.165, 1.54) is 0 Å². The molecule has 0 saturated carbocycles. The van der Waals surface area contributed by atoms with Crippen molar-refractivity contribution in [2.45, 2.75) is 17.7 Å². The lowest BCUT2D eigenvalue weighted by molar-refractivity contribution is 0.578. The van der Waals surface area contributed by atoms with Gasteiger partial charge < -0.3 is 10.6 Å². The van der Waals surface area contributed by atoms with Gasteiger partial charge in [0, 0.05) is 37.1 Å². The van der Waals surface area contributed by atoms with Gasteiger partial charge in [0.2, 0.25) is 10.0 Å². The molecule has 0 heterocycles. The van der Waals surface area contributed by atoms with Crippen molar-refractivity contribution < 1.29 is 8.42 Å². The van der Waals surface area contributed by atoms with Crippen LogP contribution in [0, 0.1) is 0 Å². The second kappa shape index (κ2) is 7.09. The van der Waals surface area contributed by atoms with Crippen molar-refractivity contribution in [1.29, 1.82) is 0 Å². The summed E-state index contributed by atoms with van der Waals surface area (Å²) in [4.78, 5) is 2.30. The maximum absolute atomic E-state index is 12.5. The number of unbranched alkanes of at least 4 members (excludes halogenated alkanes) is 1. The van der Waals surface area contributed by atoms with Crippen LogP contribution in [0.15, 0.2) is 41.3 Å². The fourth-order valence-corrected chi connectivity index (χ4v) is 3.74. The normalized spacial score (nSPS) is 11.8. The Morgan fingerprint density at radius 3 is 2.41 bits per heavy atom. The van der Waals surface area contributed by atoms with Crippen LogP contribution in [0.25, 0.3) is 10.8 Å². The molecule has 2 rings (SSSR count). The minimum absolute atomic E-state index is 0.321. The minimum Gasteiger partial charge on any atom is -0.377 e. The summed E-state index contributed by atoms with van der Waals surface area (Å²) in [5.41, 5.74) is 6.42. The van der Waals surface area contributed by atoms with Crippen LogP contribution in [0.3, 0.4) is 0 Å². The first-order chi connectivity index (χ1) is 10.5. The summed E-state index contributed by atoms with van der Waals surface area (Å²) in [6.45, 7) is 0.978. The van der Waals surface area contributed by atoms with E-state index in [0.29, 0.717) is 18.0 Å². The van der Waals surface area contributed by atoms with Crippen molar-refractivity contribution >= 4 is 26.5 Å². The van der Waals surface area contributed by atoms with E-state index >= 15 is 0 Å². The summed E-state index contributed by atoms with van der Waals surface area (Å²) in [6, 6.07) is 11.1. The van der Waals surface area contributed by atoms with E-state index in [4.69, 9.17) is 5.73 Å². The van der Waals surface area contributed by atoms with Gasteiger partial charge in [-0.25, -0.2) is 13.1 Å². The maximum atomic E-state index is 12.5. The van der Waals surface area contributed by atoms with Crippen LogP contribution in [0.5, 0.6) is 0 Å². The van der Waals surface area contributed by atoms with Gasteiger partial charge in [-0.1, -0.05) is 24.3 Å². The fraction of sp³-hybridized carbons (Fsp3) is 0.375. The molecule has 22 heavy (non-hydrogen) atoms. The van der Waals surface area contributed by atoms with E-state index in [9.17, 15) is 8.42 Å². The summed E-state index contributed by atoms with van der Waals surface area (Å²) in [5, 5.41) is 1.66. The summed E-state index contributed by atoms with van der Waals surface area (Å²) >= 11 is 0. The molecule has 6 heteroatoms. The highest BCUT2D eigenvalue weighted by Crippen LogP contribution is 2.29. The summed E-state index contributed by atoms with van der Waals surface area (Å²) < 4.78 is 27.7. The Balaban J connectivity index is 2.41. The highest BCUT2D eigenvalue weighted by Gasteiger charge is 2.17. The van der Waals surface area contributed by atoms with E-state index in [2.05, 4.69) is 4.72 Å². The standard InChI is InChI=1S/C16H23N3O2S/c1-19(2)15-9-5-8-14-13(15)7-6-10-16(14)22(20,21)18-12-4-3-11-17/h5-10,18H,3-4,11-12,17H2,1-2H3. The lowest BCUT2D eigenvalue weighted by Gasteiger charge is -2.17. The summed E-state index contributed by atoms with van der Waals surface area (Å²) in [6.07, 6.45) is 1.55. The van der Waals surface area contributed by atoms with Crippen LogP contribution < -0.4 is 15.4 Å². The number of hydrogen-bond acceptors (Lipinski definition) is 4. The molecule has 120 valence electrons. The average Bonchev–Trinajstić information content (AvgIpc) is 2.50. The highest BCUT2D eigenvalue weighted by atomic mass is 32.2. The first-order valence-electron chi connectivity index (χ1n) is 7.36. The van der Waals surface area contributed by atoms with E-state index in [1.54, 1.807) is 12.1 Å². The molecule has 3 N–H and O–H groups in total. The molecule has 0 saturated heterocycles. The smallest absolute Gasteiger partial charge is 0.241 e. The number of hydrogen-bond donors (Lipinski definition) is 2. The fourth-order valence-electron chi connectivity index (χ4n) is 2.44. The number of sulfonamides is 1. The average molecular weight is 321 g/mol. The molecular formula is C16H23N3O2S. The molecule has 2 aromatic rings. The van der Waals surface area contributed by atoms with Crippen LogP contribution in [0.4, 0.5) is 5.69 Å².